The molecule has 0 saturated heterocycles. The Bertz CT molecular complexity index is 660. The Kier molecular flexibility index (Phi) is 3.79. The second kappa shape index (κ2) is 5.52. The topological polar surface area (TPSA) is 73.1 Å². The van der Waals surface area contributed by atoms with Crippen LogP contribution in [0.2, 0.25) is 0 Å². The fourth-order valence-corrected chi connectivity index (χ4v) is 1.68. The van der Waals surface area contributed by atoms with Crippen molar-refractivity contribution in [1.82, 2.24) is 4.98 Å². The molecule has 5 nitrogen and oxygen atoms in total. The molecule has 0 fully saturated rings. The van der Waals surface area contributed by atoms with Crippen LogP contribution in [0.1, 0.15) is 28.0 Å². The lowest BCUT2D eigenvalue weighted by molar-refractivity contribution is -0.384. The van der Waals surface area contributed by atoms with Gasteiger partial charge < -0.3 is 0 Å². The van der Waals surface area contributed by atoms with Crippen LogP contribution in [-0.2, 0) is 0 Å². The quantitative estimate of drug-likeness (QED) is 0.489. The van der Waals surface area contributed by atoms with Crippen molar-refractivity contribution in [3.63, 3.8) is 0 Å². The molecule has 0 saturated carbocycles. The first kappa shape index (κ1) is 13.7. The molecule has 0 radical (unpaired) electrons. The zero-order valence-electron chi connectivity index (χ0n) is 9.99. The fraction of sp³-hybridized carbons (Fsp3) is 0.0769. The summed E-state index contributed by atoms with van der Waals surface area (Å²) in [4.78, 5) is 25.8. The van der Waals surface area contributed by atoms with E-state index in [1.54, 1.807) is 6.07 Å². The van der Waals surface area contributed by atoms with Gasteiger partial charge in [-0.2, -0.15) is 0 Å². The van der Waals surface area contributed by atoms with E-state index in [4.69, 9.17) is 0 Å². The zero-order valence-corrected chi connectivity index (χ0v) is 9.99. The van der Waals surface area contributed by atoms with Crippen molar-refractivity contribution < 1.29 is 18.5 Å². The number of alkyl halides is 2. The lowest BCUT2D eigenvalue weighted by atomic mass is 10.0. The zero-order chi connectivity index (χ0) is 14.7. The third-order valence-electron chi connectivity index (χ3n) is 2.62. The monoisotopic (exact) mass is 278 g/mol. The number of rotatable bonds is 4. The lowest BCUT2D eigenvalue weighted by Crippen LogP contribution is -2.08. The molecule has 0 amide bonds. The molecule has 0 aliphatic carbocycles. The van der Waals surface area contributed by atoms with E-state index in [1.807, 2.05) is 0 Å². The van der Waals surface area contributed by atoms with Gasteiger partial charge in [-0.15, -0.1) is 0 Å². The van der Waals surface area contributed by atoms with E-state index in [0.29, 0.717) is 0 Å². The van der Waals surface area contributed by atoms with E-state index >= 15 is 0 Å². The number of nitro groups is 1. The van der Waals surface area contributed by atoms with Gasteiger partial charge in [0.25, 0.3) is 12.1 Å². The molecule has 2 aromatic rings. The second-order valence-electron chi connectivity index (χ2n) is 3.87. The van der Waals surface area contributed by atoms with Crippen molar-refractivity contribution in [1.29, 1.82) is 0 Å². The highest BCUT2D eigenvalue weighted by Crippen LogP contribution is 2.28. The summed E-state index contributed by atoms with van der Waals surface area (Å²) < 4.78 is 25.8. The van der Waals surface area contributed by atoms with Crippen molar-refractivity contribution in [3.05, 3.63) is 69.5 Å². The molecule has 7 heteroatoms. The van der Waals surface area contributed by atoms with Crippen LogP contribution in [0.3, 0.4) is 0 Å². The number of hydrogen-bond acceptors (Lipinski definition) is 4. The highest BCUT2D eigenvalue weighted by Gasteiger charge is 2.23. The van der Waals surface area contributed by atoms with Crippen LogP contribution in [0.15, 0.2) is 42.6 Å². The van der Waals surface area contributed by atoms with Crippen LogP contribution < -0.4 is 0 Å². The number of nitro benzene ring substituents is 1. The molecule has 0 spiro atoms. The Hall–Kier alpha value is -2.70. The van der Waals surface area contributed by atoms with Crippen molar-refractivity contribution in [2.45, 2.75) is 6.43 Å². The van der Waals surface area contributed by atoms with E-state index in [2.05, 4.69) is 4.98 Å². The molecule has 102 valence electrons. The largest absolute Gasteiger partial charge is 0.287 e. The molecule has 0 aliphatic rings. The summed E-state index contributed by atoms with van der Waals surface area (Å²) in [6.07, 6.45) is -1.56. The maximum atomic E-state index is 12.9. The number of non-ortho nitro benzene ring substituents is 1. The predicted molar refractivity (Wildman–Crippen MR) is 65.7 cm³/mol. The van der Waals surface area contributed by atoms with Crippen LogP contribution in [0, 0.1) is 10.1 Å². The Morgan fingerprint density at radius 3 is 2.55 bits per heavy atom. The number of benzene rings is 1. The SMILES string of the molecule is O=C(c1ccccn1)c1cc([N+](=O)[O-])ccc1C(F)F. The Labute approximate surface area is 112 Å². The summed E-state index contributed by atoms with van der Waals surface area (Å²) >= 11 is 0. The number of ketones is 1. The normalized spacial score (nSPS) is 10.6. The van der Waals surface area contributed by atoms with Crippen LogP contribution in [0.4, 0.5) is 14.5 Å². The first-order chi connectivity index (χ1) is 9.50. The molecule has 0 aliphatic heterocycles. The summed E-state index contributed by atoms with van der Waals surface area (Å²) in [5.41, 5.74) is -1.43. The summed E-state index contributed by atoms with van der Waals surface area (Å²) in [6, 6.07) is 7.13. The number of halogens is 2. The molecular formula is C13H8F2N2O3. The average Bonchev–Trinajstić information content (AvgIpc) is 2.46. The highest BCUT2D eigenvalue weighted by molar-refractivity contribution is 6.09. The van der Waals surface area contributed by atoms with Crippen molar-refractivity contribution in [2.24, 2.45) is 0 Å². The molecule has 0 bridgehead atoms. The third-order valence-corrected chi connectivity index (χ3v) is 2.62. The average molecular weight is 278 g/mol. The minimum Gasteiger partial charge on any atom is -0.287 e. The minimum atomic E-state index is -2.90. The van der Waals surface area contributed by atoms with Crippen molar-refractivity contribution >= 4 is 11.5 Å². The van der Waals surface area contributed by atoms with Gasteiger partial charge in [-0.1, -0.05) is 6.07 Å². The minimum absolute atomic E-state index is 0.0464. The van der Waals surface area contributed by atoms with Gasteiger partial charge in [0.05, 0.1) is 4.92 Å². The van der Waals surface area contributed by atoms with Crippen LogP contribution >= 0.6 is 0 Å². The van der Waals surface area contributed by atoms with Gasteiger partial charge in [-0.3, -0.25) is 19.9 Å². The lowest BCUT2D eigenvalue weighted by Gasteiger charge is -2.07. The number of hydrogen-bond donors (Lipinski definition) is 0. The van der Waals surface area contributed by atoms with Gasteiger partial charge in [-0.25, -0.2) is 8.78 Å². The van der Waals surface area contributed by atoms with E-state index in [9.17, 15) is 23.7 Å². The summed E-state index contributed by atoms with van der Waals surface area (Å²) in [7, 11) is 0. The summed E-state index contributed by atoms with van der Waals surface area (Å²) in [5.74, 6) is -0.774. The van der Waals surface area contributed by atoms with Gasteiger partial charge in [0.2, 0.25) is 5.78 Å². The molecule has 0 atom stereocenters. The Morgan fingerprint density at radius 1 is 1.25 bits per heavy atom. The number of carbonyl (C=O) groups excluding carboxylic acids is 1. The third kappa shape index (κ3) is 2.66. The fourth-order valence-electron chi connectivity index (χ4n) is 1.68. The van der Waals surface area contributed by atoms with Gasteiger partial charge in [0.1, 0.15) is 5.69 Å². The predicted octanol–water partition coefficient (Wildman–Crippen LogP) is 3.16. The summed E-state index contributed by atoms with van der Waals surface area (Å²) in [5, 5.41) is 10.7. The first-order valence-electron chi connectivity index (χ1n) is 5.53. The maximum absolute atomic E-state index is 12.9. The number of pyridine rings is 1. The van der Waals surface area contributed by atoms with E-state index in [-0.39, 0.29) is 5.69 Å². The maximum Gasteiger partial charge on any atom is 0.270 e. The molecule has 20 heavy (non-hydrogen) atoms. The summed E-state index contributed by atoms with van der Waals surface area (Å²) in [6.45, 7) is 0. The van der Waals surface area contributed by atoms with Crippen LogP contribution in [0.5, 0.6) is 0 Å². The standard InChI is InChI=1S/C13H8F2N2O3/c14-13(15)9-5-4-8(17(19)20)7-10(9)12(18)11-3-1-2-6-16-11/h1-7,13H. The number of nitrogens with zero attached hydrogens (tertiary/aromatic N) is 2. The molecule has 1 heterocycles. The Morgan fingerprint density at radius 2 is 2.00 bits per heavy atom. The molecule has 1 aromatic heterocycles. The number of carbonyl (C=O) groups is 1. The van der Waals surface area contributed by atoms with E-state index < -0.39 is 33.9 Å². The number of aromatic nitrogens is 1. The van der Waals surface area contributed by atoms with Gasteiger partial charge in [0, 0.05) is 29.5 Å². The smallest absolute Gasteiger partial charge is 0.270 e. The van der Waals surface area contributed by atoms with Gasteiger partial charge in [0.15, 0.2) is 0 Å². The van der Waals surface area contributed by atoms with Gasteiger partial charge in [-0.05, 0) is 18.2 Å². The van der Waals surface area contributed by atoms with Crippen LogP contribution in [0.25, 0.3) is 0 Å². The highest BCUT2D eigenvalue weighted by atomic mass is 19.3. The molecule has 1 aromatic carbocycles. The molecule has 0 unspecified atom stereocenters. The van der Waals surface area contributed by atoms with E-state index in [0.717, 1.165) is 18.2 Å². The van der Waals surface area contributed by atoms with E-state index in [1.165, 1.54) is 18.3 Å². The molecule has 0 N–H and O–H groups in total. The van der Waals surface area contributed by atoms with Crippen LogP contribution in [-0.4, -0.2) is 15.7 Å². The van der Waals surface area contributed by atoms with Gasteiger partial charge >= 0.3 is 0 Å². The second-order valence-corrected chi connectivity index (χ2v) is 3.87. The van der Waals surface area contributed by atoms with Crippen molar-refractivity contribution in [3.8, 4) is 0 Å². The molecular weight excluding hydrogens is 270 g/mol. The Balaban J connectivity index is 2.55. The first-order valence-corrected chi connectivity index (χ1v) is 5.53. The molecule has 2 rings (SSSR count). The van der Waals surface area contributed by atoms with Crippen molar-refractivity contribution in [2.75, 3.05) is 0 Å².